The molecular formula is C18H19NO3S. The van der Waals surface area contributed by atoms with Gasteiger partial charge in [-0.2, -0.15) is 0 Å². The first-order chi connectivity index (χ1) is 11.2. The van der Waals surface area contributed by atoms with E-state index >= 15 is 0 Å². The van der Waals surface area contributed by atoms with Crippen LogP contribution in [-0.2, 0) is 15.3 Å². The van der Waals surface area contributed by atoms with Crippen molar-refractivity contribution in [1.29, 1.82) is 0 Å². The fourth-order valence-electron chi connectivity index (χ4n) is 1.96. The molecule has 4 nitrogen and oxygen atoms in total. The van der Waals surface area contributed by atoms with Crippen LogP contribution in [-0.4, -0.2) is 17.8 Å². The molecule has 0 fully saturated rings. The molecule has 0 heterocycles. The largest absolute Gasteiger partial charge is 0.463 e. The zero-order valence-corrected chi connectivity index (χ0v) is 13.7. The number of carbonyl (C=O) groups excluding carboxylic acids is 1. The van der Waals surface area contributed by atoms with Crippen molar-refractivity contribution in [3.63, 3.8) is 0 Å². The molecule has 0 amide bonds. The van der Waals surface area contributed by atoms with E-state index in [1.807, 2.05) is 30.3 Å². The Morgan fingerprint density at radius 2 is 2.04 bits per heavy atom. The Balaban J connectivity index is 2.10. The highest BCUT2D eigenvalue weighted by atomic mass is 32.2. The number of benzene rings is 2. The summed E-state index contributed by atoms with van der Waals surface area (Å²) in [6, 6.07) is 15.8. The second kappa shape index (κ2) is 9.02. The predicted molar refractivity (Wildman–Crippen MR) is 93.5 cm³/mol. The van der Waals surface area contributed by atoms with Gasteiger partial charge in [-0.3, -0.25) is 10.7 Å². The second-order valence-electron chi connectivity index (χ2n) is 4.72. The lowest BCUT2D eigenvalue weighted by Gasteiger charge is -2.08. The number of esters is 1. The highest BCUT2D eigenvalue weighted by Gasteiger charge is 2.03. The van der Waals surface area contributed by atoms with Crippen LogP contribution >= 0.6 is 11.8 Å². The van der Waals surface area contributed by atoms with Gasteiger partial charge >= 0.3 is 5.97 Å². The van der Waals surface area contributed by atoms with E-state index in [9.17, 15) is 10.0 Å². The summed E-state index contributed by atoms with van der Waals surface area (Å²) in [7, 11) is 0. The molecule has 0 saturated carbocycles. The highest BCUT2D eigenvalue weighted by Crippen LogP contribution is 2.27. The van der Waals surface area contributed by atoms with E-state index in [-0.39, 0.29) is 0 Å². The lowest BCUT2D eigenvalue weighted by molar-refractivity contribution is -0.137. The third-order valence-electron chi connectivity index (χ3n) is 3.08. The first-order valence-corrected chi connectivity index (χ1v) is 8.27. The maximum absolute atomic E-state index is 11.4. The Morgan fingerprint density at radius 1 is 1.26 bits per heavy atom. The van der Waals surface area contributed by atoms with E-state index in [0.29, 0.717) is 12.3 Å². The van der Waals surface area contributed by atoms with E-state index in [1.165, 1.54) is 11.6 Å². The van der Waals surface area contributed by atoms with Crippen LogP contribution in [0.3, 0.4) is 0 Å². The van der Waals surface area contributed by atoms with Gasteiger partial charge in [0.1, 0.15) is 0 Å². The fraction of sp³-hybridized carbons (Fsp3) is 0.167. The smallest absolute Gasteiger partial charge is 0.330 e. The molecular weight excluding hydrogens is 310 g/mol. The molecule has 0 spiro atoms. The fourth-order valence-corrected chi connectivity index (χ4v) is 2.86. The molecule has 0 atom stereocenters. The third-order valence-corrected chi connectivity index (χ3v) is 4.14. The molecule has 23 heavy (non-hydrogen) atoms. The van der Waals surface area contributed by atoms with E-state index in [4.69, 9.17) is 4.74 Å². The Morgan fingerprint density at radius 3 is 2.74 bits per heavy atom. The molecule has 120 valence electrons. The average molecular weight is 329 g/mol. The summed E-state index contributed by atoms with van der Waals surface area (Å²) < 4.78 is 4.86. The number of anilines is 1. The van der Waals surface area contributed by atoms with Crippen molar-refractivity contribution in [3.8, 4) is 0 Å². The van der Waals surface area contributed by atoms with Crippen LogP contribution in [0, 0.1) is 0 Å². The van der Waals surface area contributed by atoms with Gasteiger partial charge in [0.15, 0.2) is 0 Å². The van der Waals surface area contributed by atoms with Crippen molar-refractivity contribution in [2.75, 3.05) is 12.1 Å². The summed E-state index contributed by atoms with van der Waals surface area (Å²) in [6.45, 7) is 2.09. The molecule has 0 aliphatic heterocycles. The highest BCUT2D eigenvalue weighted by molar-refractivity contribution is 7.98. The normalized spacial score (nSPS) is 10.7. The van der Waals surface area contributed by atoms with Crippen LogP contribution in [0.15, 0.2) is 59.5 Å². The molecule has 0 bridgehead atoms. The molecule has 0 unspecified atom stereocenters. The van der Waals surface area contributed by atoms with Gasteiger partial charge in [0, 0.05) is 22.3 Å². The van der Waals surface area contributed by atoms with Crippen molar-refractivity contribution < 1.29 is 14.7 Å². The average Bonchev–Trinajstić information content (AvgIpc) is 2.59. The van der Waals surface area contributed by atoms with Crippen LogP contribution < -0.4 is 5.48 Å². The zero-order valence-electron chi connectivity index (χ0n) is 12.9. The monoisotopic (exact) mass is 329 g/mol. The summed E-state index contributed by atoms with van der Waals surface area (Å²) in [5.41, 5.74) is 4.64. The van der Waals surface area contributed by atoms with Gasteiger partial charge < -0.3 is 4.74 Å². The third kappa shape index (κ3) is 5.47. The Bertz CT molecular complexity index is 671. The maximum atomic E-state index is 11.4. The molecule has 2 aromatic carbocycles. The van der Waals surface area contributed by atoms with E-state index < -0.39 is 5.97 Å². The number of hydrogen-bond donors (Lipinski definition) is 2. The van der Waals surface area contributed by atoms with Crippen LogP contribution in [0.1, 0.15) is 18.1 Å². The van der Waals surface area contributed by atoms with Crippen molar-refractivity contribution in [2.24, 2.45) is 0 Å². The minimum absolute atomic E-state index is 0.335. The van der Waals surface area contributed by atoms with Gasteiger partial charge in [0.05, 0.1) is 12.3 Å². The van der Waals surface area contributed by atoms with Gasteiger partial charge in [0.2, 0.25) is 0 Å². The molecule has 0 aliphatic carbocycles. The Hall–Kier alpha value is -2.24. The summed E-state index contributed by atoms with van der Waals surface area (Å²) in [6.07, 6.45) is 2.98. The van der Waals surface area contributed by atoms with Gasteiger partial charge in [-0.15, -0.1) is 11.8 Å². The molecule has 2 aromatic rings. The van der Waals surface area contributed by atoms with Crippen molar-refractivity contribution in [2.45, 2.75) is 17.6 Å². The molecule has 5 heteroatoms. The number of rotatable bonds is 7. The predicted octanol–water partition coefficient (Wildman–Crippen LogP) is 4.36. The first kappa shape index (κ1) is 17.1. The standard InChI is InChI=1S/C18H19NO3S/c1-2-22-18(20)11-8-15-12-16(9-10-17(15)19-21)23-13-14-6-4-3-5-7-14/h3-12,19,21H,2,13H2,1H3/b11-8+. The Labute approximate surface area is 140 Å². The number of nitrogens with one attached hydrogen (secondary N) is 1. The lowest BCUT2D eigenvalue weighted by atomic mass is 10.1. The summed E-state index contributed by atoms with van der Waals surface area (Å²) in [4.78, 5) is 12.5. The molecule has 0 aliphatic rings. The number of carbonyl (C=O) groups is 1. The SMILES string of the molecule is CCOC(=O)/C=C/c1cc(SCc2ccccc2)ccc1NO. The topological polar surface area (TPSA) is 58.6 Å². The van der Waals surface area contributed by atoms with Crippen molar-refractivity contribution in [3.05, 3.63) is 65.7 Å². The van der Waals surface area contributed by atoms with Gasteiger partial charge in [-0.25, -0.2) is 4.79 Å². The minimum Gasteiger partial charge on any atom is -0.463 e. The Kier molecular flexibility index (Phi) is 6.72. The van der Waals surface area contributed by atoms with Crippen LogP contribution in [0.25, 0.3) is 6.08 Å². The molecule has 0 saturated heterocycles. The lowest BCUT2D eigenvalue weighted by Crippen LogP contribution is -1.99. The number of thioether (sulfide) groups is 1. The van der Waals surface area contributed by atoms with E-state index in [1.54, 1.807) is 30.8 Å². The number of ether oxygens (including phenoxy) is 1. The summed E-state index contributed by atoms with van der Waals surface area (Å²) >= 11 is 1.69. The van der Waals surface area contributed by atoms with Gasteiger partial charge in [0.25, 0.3) is 0 Å². The van der Waals surface area contributed by atoms with Crippen LogP contribution in [0.5, 0.6) is 0 Å². The van der Waals surface area contributed by atoms with Gasteiger partial charge in [-0.05, 0) is 36.8 Å². The quantitative estimate of drug-likeness (QED) is 0.342. The van der Waals surface area contributed by atoms with Crippen LogP contribution in [0.4, 0.5) is 5.69 Å². The van der Waals surface area contributed by atoms with Gasteiger partial charge in [-0.1, -0.05) is 30.3 Å². The van der Waals surface area contributed by atoms with E-state index in [2.05, 4.69) is 17.6 Å². The number of hydrogen-bond acceptors (Lipinski definition) is 5. The zero-order chi connectivity index (χ0) is 16.5. The first-order valence-electron chi connectivity index (χ1n) is 7.28. The van der Waals surface area contributed by atoms with Crippen molar-refractivity contribution >= 4 is 29.5 Å². The summed E-state index contributed by atoms with van der Waals surface area (Å²) in [5.74, 6) is 0.451. The molecule has 0 aromatic heterocycles. The maximum Gasteiger partial charge on any atom is 0.330 e. The minimum atomic E-state index is -0.404. The molecule has 2 rings (SSSR count). The van der Waals surface area contributed by atoms with Crippen molar-refractivity contribution in [1.82, 2.24) is 0 Å². The second-order valence-corrected chi connectivity index (χ2v) is 5.77. The van der Waals surface area contributed by atoms with Crippen LogP contribution in [0.2, 0.25) is 0 Å². The van der Waals surface area contributed by atoms with E-state index in [0.717, 1.165) is 16.2 Å². The molecule has 0 radical (unpaired) electrons. The molecule has 2 N–H and O–H groups in total. The summed E-state index contributed by atoms with van der Waals surface area (Å²) in [5, 5.41) is 9.18.